The van der Waals surface area contributed by atoms with Crippen molar-refractivity contribution < 1.29 is 9.53 Å². The minimum absolute atomic E-state index is 0.0703. The molecule has 3 rings (SSSR count). The van der Waals surface area contributed by atoms with Crippen molar-refractivity contribution in [2.24, 2.45) is 0 Å². The van der Waals surface area contributed by atoms with Gasteiger partial charge in [-0.1, -0.05) is 23.2 Å². The Bertz CT molecular complexity index is 930. The highest BCUT2D eigenvalue weighted by molar-refractivity contribution is 7.99. The third kappa shape index (κ3) is 5.62. The van der Waals surface area contributed by atoms with Gasteiger partial charge in [0.05, 0.1) is 17.8 Å². The highest BCUT2D eigenvalue weighted by atomic mass is 35.5. The number of methoxy groups -OCH3 is 1. The number of anilines is 1. The molecule has 0 radical (unpaired) electrons. The number of ether oxygens (including phenoxy) is 1. The second kappa shape index (κ2) is 9.46. The molecule has 1 heterocycles. The number of thiazole rings is 1. The molecule has 27 heavy (non-hydrogen) atoms. The summed E-state index contributed by atoms with van der Waals surface area (Å²) in [6.45, 7) is 0. The van der Waals surface area contributed by atoms with Crippen LogP contribution in [-0.4, -0.2) is 23.8 Å². The van der Waals surface area contributed by atoms with E-state index in [9.17, 15) is 4.79 Å². The molecule has 4 nitrogen and oxygen atoms in total. The van der Waals surface area contributed by atoms with Crippen molar-refractivity contribution in [1.29, 1.82) is 0 Å². The Morgan fingerprint density at radius 2 is 2.00 bits per heavy atom. The van der Waals surface area contributed by atoms with Crippen LogP contribution in [0.3, 0.4) is 0 Å². The highest BCUT2D eigenvalue weighted by Gasteiger charge is 2.11. The van der Waals surface area contributed by atoms with E-state index in [1.807, 2.05) is 35.7 Å². The summed E-state index contributed by atoms with van der Waals surface area (Å²) in [6, 6.07) is 13.0. The van der Waals surface area contributed by atoms with Crippen LogP contribution in [0.2, 0.25) is 10.0 Å². The van der Waals surface area contributed by atoms with Crippen LogP contribution in [0.25, 0.3) is 11.3 Å². The summed E-state index contributed by atoms with van der Waals surface area (Å²) in [5.41, 5.74) is 1.50. The van der Waals surface area contributed by atoms with Crippen LogP contribution in [0.4, 0.5) is 5.13 Å². The predicted molar refractivity (Wildman–Crippen MR) is 115 cm³/mol. The number of hydrogen-bond acceptors (Lipinski definition) is 5. The average Bonchev–Trinajstić information content (AvgIpc) is 3.10. The lowest BCUT2D eigenvalue weighted by Crippen LogP contribution is -2.11. The molecule has 0 saturated heterocycles. The number of benzene rings is 2. The maximum atomic E-state index is 12.1. The van der Waals surface area contributed by atoms with Crippen molar-refractivity contribution in [3.05, 3.63) is 57.9 Å². The van der Waals surface area contributed by atoms with Gasteiger partial charge in [0.25, 0.3) is 0 Å². The maximum absolute atomic E-state index is 12.1. The topological polar surface area (TPSA) is 51.2 Å². The van der Waals surface area contributed by atoms with Gasteiger partial charge in [-0.05, 0) is 42.5 Å². The minimum atomic E-state index is -0.0703. The number of halogens is 2. The van der Waals surface area contributed by atoms with Crippen molar-refractivity contribution in [2.45, 2.75) is 11.3 Å². The van der Waals surface area contributed by atoms with Gasteiger partial charge in [-0.2, -0.15) is 0 Å². The second-order valence-electron chi connectivity index (χ2n) is 5.48. The number of carbonyl (C=O) groups excluding carboxylic acids is 1. The Kier molecular flexibility index (Phi) is 7.01. The van der Waals surface area contributed by atoms with Crippen LogP contribution in [0, 0.1) is 0 Å². The zero-order valence-corrected chi connectivity index (χ0v) is 17.5. The van der Waals surface area contributed by atoms with Gasteiger partial charge in [0.1, 0.15) is 5.75 Å². The molecule has 1 amide bonds. The average molecular weight is 439 g/mol. The monoisotopic (exact) mass is 438 g/mol. The predicted octanol–water partition coefficient (Wildman–Crippen LogP) is 6.25. The summed E-state index contributed by atoms with van der Waals surface area (Å²) >= 11 is 15.1. The van der Waals surface area contributed by atoms with Crippen molar-refractivity contribution in [3.8, 4) is 17.0 Å². The molecule has 140 valence electrons. The molecule has 0 aliphatic rings. The second-order valence-corrected chi connectivity index (χ2v) is 8.35. The lowest BCUT2D eigenvalue weighted by Gasteiger charge is -2.04. The Labute approximate surface area is 175 Å². The van der Waals surface area contributed by atoms with E-state index in [1.54, 1.807) is 31.0 Å². The SMILES string of the molecule is COc1ccc(SCCC(=O)Nc2nc(-c3ccc(Cl)cc3Cl)cs2)cc1. The molecule has 0 aliphatic heterocycles. The molecule has 0 atom stereocenters. The fourth-order valence-electron chi connectivity index (χ4n) is 2.27. The summed E-state index contributed by atoms with van der Waals surface area (Å²) < 4.78 is 5.13. The number of hydrogen-bond donors (Lipinski definition) is 1. The zero-order valence-electron chi connectivity index (χ0n) is 14.4. The minimum Gasteiger partial charge on any atom is -0.497 e. The van der Waals surface area contributed by atoms with Crippen molar-refractivity contribution >= 4 is 57.3 Å². The van der Waals surface area contributed by atoms with Crippen LogP contribution in [0.5, 0.6) is 5.75 Å². The number of carbonyl (C=O) groups is 1. The van der Waals surface area contributed by atoms with E-state index in [-0.39, 0.29) is 5.91 Å². The van der Waals surface area contributed by atoms with E-state index in [1.165, 1.54) is 11.3 Å². The standard InChI is InChI=1S/C19H16Cl2N2O2S2/c1-25-13-3-5-14(6-4-13)26-9-8-18(24)23-19-22-17(11-27-19)15-7-2-12(20)10-16(15)21/h2-7,10-11H,8-9H2,1H3,(H,22,23,24). The molecule has 0 aliphatic carbocycles. The Balaban J connectivity index is 1.51. The molecule has 2 aromatic carbocycles. The molecule has 3 aromatic rings. The Hall–Kier alpha value is -1.73. The van der Waals surface area contributed by atoms with Gasteiger partial charge in [-0.3, -0.25) is 4.79 Å². The third-order valence-electron chi connectivity index (χ3n) is 3.61. The van der Waals surface area contributed by atoms with Crippen LogP contribution in [0.15, 0.2) is 52.7 Å². The summed E-state index contributed by atoms with van der Waals surface area (Å²) in [5, 5.41) is 6.34. The number of thioether (sulfide) groups is 1. The number of rotatable bonds is 7. The van der Waals surface area contributed by atoms with E-state index in [0.717, 1.165) is 16.2 Å². The zero-order chi connectivity index (χ0) is 19.2. The summed E-state index contributed by atoms with van der Waals surface area (Å²) in [4.78, 5) is 17.7. The normalized spacial score (nSPS) is 10.6. The summed E-state index contributed by atoms with van der Waals surface area (Å²) in [7, 11) is 1.64. The van der Waals surface area contributed by atoms with Gasteiger partial charge in [-0.25, -0.2) is 4.98 Å². The van der Waals surface area contributed by atoms with Crippen LogP contribution in [0.1, 0.15) is 6.42 Å². The fourth-order valence-corrected chi connectivity index (χ4v) is 4.35. The first-order valence-corrected chi connectivity index (χ1v) is 10.6. The van der Waals surface area contributed by atoms with Crippen LogP contribution in [-0.2, 0) is 4.79 Å². The van der Waals surface area contributed by atoms with E-state index >= 15 is 0 Å². The molecular formula is C19H16Cl2N2O2S2. The number of nitrogens with one attached hydrogen (secondary N) is 1. The molecule has 0 fully saturated rings. The first-order valence-electron chi connectivity index (χ1n) is 8.03. The van der Waals surface area contributed by atoms with Gasteiger partial charge >= 0.3 is 0 Å². The van der Waals surface area contributed by atoms with Gasteiger partial charge in [0.2, 0.25) is 5.91 Å². The van der Waals surface area contributed by atoms with Crippen molar-refractivity contribution in [3.63, 3.8) is 0 Å². The highest BCUT2D eigenvalue weighted by Crippen LogP contribution is 2.32. The molecule has 0 saturated carbocycles. The first kappa shape index (κ1) is 20.0. The van der Waals surface area contributed by atoms with Gasteiger partial charge in [0.15, 0.2) is 5.13 Å². The smallest absolute Gasteiger partial charge is 0.226 e. The first-order chi connectivity index (χ1) is 13.0. The summed E-state index contributed by atoms with van der Waals surface area (Å²) in [5.74, 6) is 1.43. The molecule has 0 unspecified atom stereocenters. The van der Waals surface area contributed by atoms with E-state index in [4.69, 9.17) is 27.9 Å². The molecule has 0 spiro atoms. The number of nitrogens with zero attached hydrogens (tertiary/aromatic N) is 1. The van der Waals surface area contributed by atoms with E-state index < -0.39 is 0 Å². The van der Waals surface area contributed by atoms with Gasteiger partial charge in [-0.15, -0.1) is 23.1 Å². The number of amides is 1. The molecule has 0 bridgehead atoms. The number of aromatic nitrogens is 1. The molecule has 8 heteroatoms. The van der Waals surface area contributed by atoms with E-state index in [2.05, 4.69) is 10.3 Å². The van der Waals surface area contributed by atoms with Crippen LogP contribution < -0.4 is 10.1 Å². The third-order valence-corrected chi connectivity index (χ3v) is 5.93. The Morgan fingerprint density at radius 3 is 2.70 bits per heavy atom. The molecule has 1 aromatic heterocycles. The maximum Gasteiger partial charge on any atom is 0.226 e. The Morgan fingerprint density at radius 1 is 1.22 bits per heavy atom. The van der Waals surface area contributed by atoms with Crippen molar-refractivity contribution in [2.75, 3.05) is 18.2 Å². The molecular weight excluding hydrogens is 423 g/mol. The van der Waals surface area contributed by atoms with Gasteiger partial charge in [0, 0.05) is 33.0 Å². The van der Waals surface area contributed by atoms with Crippen molar-refractivity contribution in [1.82, 2.24) is 4.98 Å². The lowest BCUT2D eigenvalue weighted by atomic mass is 10.2. The fraction of sp³-hybridized carbons (Fsp3) is 0.158. The van der Waals surface area contributed by atoms with Gasteiger partial charge < -0.3 is 10.1 Å². The molecule has 1 N–H and O–H groups in total. The van der Waals surface area contributed by atoms with E-state index in [0.29, 0.717) is 33.0 Å². The van der Waals surface area contributed by atoms with Crippen LogP contribution >= 0.6 is 46.3 Å². The largest absolute Gasteiger partial charge is 0.497 e. The lowest BCUT2D eigenvalue weighted by molar-refractivity contribution is -0.115. The summed E-state index contributed by atoms with van der Waals surface area (Å²) in [6.07, 6.45) is 0.396. The quantitative estimate of drug-likeness (QED) is 0.443.